The summed E-state index contributed by atoms with van der Waals surface area (Å²) in [6.45, 7) is 4.02. The molecule has 1 N–H and O–H groups in total. The molecule has 2 aromatic rings. The fraction of sp³-hybridized carbons (Fsp3) is 0.400. The molecule has 1 fully saturated rings. The quantitative estimate of drug-likeness (QED) is 0.939. The molecule has 21 heavy (non-hydrogen) atoms. The van der Waals surface area contributed by atoms with E-state index >= 15 is 0 Å². The highest BCUT2D eigenvalue weighted by molar-refractivity contribution is 6.30. The SMILES string of the molecule is Cc1cc(Cl)ccc1Nc1cnnc(N2CCCCC2)n1. The van der Waals surface area contributed by atoms with Crippen molar-refractivity contribution in [1.82, 2.24) is 15.2 Å². The highest BCUT2D eigenvalue weighted by atomic mass is 35.5. The molecule has 0 bridgehead atoms. The van der Waals surface area contributed by atoms with Crippen LogP contribution in [-0.4, -0.2) is 28.3 Å². The highest BCUT2D eigenvalue weighted by Crippen LogP contribution is 2.23. The number of aromatic nitrogens is 3. The molecule has 0 radical (unpaired) electrons. The number of nitrogens with zero attached hydrogens (tertiary/aromatic N) is 4. The van der Waals surface area contributed by atoms with E-state index in [2.05, 4.69) is 25.4 Å². The summed E-state index contributed by atoms with van der Waals surface area (Å²) in [5.41, 5.74) is 2.05. The molecule has 0 atom stereocenters. The summed E-state index contributed by atoms with van der Waals surface area (Å²) in [5.74, 6) is 1.40. The minimum atomic E-state index is 0.700. The number of nitrogens with one attached hydrogen (secondary N) is 1. The van der Waals surface area contributed by atoms with Crippen LogP contribution in [0.5, 0.6) is 0 Å². The second-order valence-electron chi connectivity index (χ2n) is 5.27. The van der Waals surface area contributed by atoms with Gasteiger partial charge < -0.3 is 10.2 Å². The molecule has 1 aliphatic rings. The fourth-order valence-electron chi connectivity index (χ4n) is 2.49. The van der Waals surface area contributed by atoms with Gasteiger partial charge in [-0.05, 0) is 49.9 Å². The summed E-state index contributed by atoms with van der Waals surface area (Å²) in [7, 11) is 0. The lowest BCUT2D eigenvalue weighted by atomic mass is 10.1. The molecule has 1 aromatic carbocycles. The van der Waals surface area contributed by atoms with Crippen LogP contribution in [0.25, 0.3) is 0 Å². The van der Waals surface area contributed by atoms with E-state index in [4.69, 9.17) is 11.6 Å². The van der Waals surface area contributed by atoms with Crippen LogP contribution in [-0.2, 0) is 0 Å². The minimum absolute atomic E-state index is 0.700. The summed E-state index contributed by atoms with van der Waals surface area (Å²) in [6, 6.07) is 5.72. The van der Waals surface area contributed by atoms with Crippen molar-refractivity contribution >= 4 is 29.1 Å². The van der Waals surface area contributed by atoms with Gasteiger partial charge in [0.25, 0.3) is 0 Å². The first kappa shape index (κ1) is 14.1. The van der Waals surface area contributed by atoms with Gasteiger partial charge in [-0.3, -0.25) is 0 Å². The molecule has 0 saturated carbocycles. The average molecular weight is 304 g/mol. The van der Waals surface area contributed by atoms with E-state index in [0.717, 1.165) is 29.4 Å². The third-order valence-electron chi connectivity index (χ3n) is 3.64. The standard InChI is InChI=1S/C15H18ClN5/c1-11-9-12(16)5-6-13(11)18-14-10-17-20-15(19-14)21-7-3-2-4-8-21/h5-6,9-10H,2-4,7-8H2,1H3,(H,18,19,20). The number of benzene rings is 1. The Hall–Kier alpha value is -1.88. The Morgan fingerprint density at radius 1 is 1.19 bits per heavy atom. The minimum Gasteiger partial charge on any atom is -0.339 e. The molecular weight excluding hydrogens is 286 g/mol. The number of hydrogen-bond acceptors (Lipinski definition) is 5. The first-order valence-electron chi connectivity index (χ1n) is 7.20. The van der Waals surface area contributed by atoms with E-state index in [-0.39, 0.29) is 0 Å². The van der Waals surface area contributed by atoms with Crippen LogP contribution in [0.15, 0.2) is 24.4 Å². The lowest BCUT2D eigenvalue weighted by Gasteiger charge is -2.26. The molecule has 0 amide bonds. The molecule has 1 saturated heterocycles. The van der Waals surface area contributed by atoms with Crippen LogP contribution in [0.2, 0.25) is 5.02 Å². The lowest BCUT2D eigenvalue weighted by Crippen LogP contribution is -2.31. The van der Waals surface area contributed by atoms with Gasteiger partial charge in [-0.15, -0.1) is 5.10 Å². The van der Waals surface area contributed by atoms with E-state index < -0.39 is 0 Å². The van der Waals surface area contributed by atoms with E-state index in [1.54, 1.807) is 6.20 Å². The predicted molar refractivity (Wildman–Crippen MR) is 85.4 cm³/mol. The number of halogens is 1. The topological polar surface area (TPSA) is 53.9 Å². The first-order valence-corrected chi connectivity index (χ1v) is 7.58. The van der Waals surface area contributed by atoms with Crippen LogP contribution < -0.4 is 10.2 Å². The Labute approximate surface area is 129 Å². The van der Waals surface area contributed by atoms with Crippen LogP contribution in [0.4, 0.5) is 17.5 Å². The Balaban J connectivity index is 1.79. The normalized spacial score (nSPS) is 15.0. The van der Waals surface area contributed by atoms with Gasteiger partial charge in [0.15, 0.2) is 5.82 Å². The molecule has 5 nitrogen and oxygen atoms in total. The number of hydrogen-bond donors (Lipinski definition) is 1. The first-order chi connectivity index (χ1) is 10.2. The third kappa shape index (κ3) is 3.42. The van der Waals surface area contributed by atoms with Crippen molar-refractivity contribution in [3.63, 3.8) is 0 Å². The number of rotatable bonds is 3. The zero-order valence-corrected chi connectivity index (χ0v) is 12.8. The highest BCUT2D eigenvalue weighted by Gasteiger charge is 2.14. The molecule has 0 unspecified atom stereocenters. The van der Waals surface area contributed by atoms with Gasteiger partial charge in [-0.1, -0.05) is 11.6 Å². The molecule has 0 aliphatic carbocycles. The van der Waals surface area contributed by atoms with Crippen LogP contribution in [0.3, 0.4) is 0 Å². The van der Waals surface area contributed by atoms with E-state index in [0.29, 0.717) is 11.8 Å². The predicted octanol–water partition coefficient (Wildman–Crippen LogP) is 3.57. The van der Waals surface area contributed by atoms with E-state index in [1.165, 1.54) is 19.3 Å². The maximum absolute atomic E-state index is 5.97. The second kappa shape index (κ2) is 6.26. The van der Waals surface area contributed by atoms with Gasteiger partial charge >= 0.3 is 0 Å². The zero-order valence-electron chi connectivity index (χ0n) is 12.0. The Morgan fingerprint density at radius 2 is 2.00 bits per heavy atom. The summed E-state index contributed by atoms with van der Waals surface area (Å²) in [5, 5.41) is 12.2. The number of piperidine rings is 1. The van der Waals surface area contributed by atoms with Crippen molar-refractivity contribution in [3.05, 3.63) is 35.0 Å². The van der Waals surface area contributed by atoms with Gasteiger partial charge in [-0.2, -0.15) is 10.1 Å². The fourth-order valence-corrected chi connectivity index (χ4v) is 2.71. The smallest absolute Gasteiger partial charge is 0.247 e. The van der Waals surface area contributed by atoms with Gasteiger partial charge in [0, 0.05) is 23.8 Å². The second-order valence-corrected chi connectivity index (χ2v) is 5.71. The Morgan fingerprint density at radius 3 is 2.76 bits per heavy atom. The molecule has 1 aliphatic heterocycles. The largest absolute Gasteiger partial charge is 0.339 e. The van der Waals surface area contributed by atoms with Gasteiger partial charge in [0.05, 0.1) is 6.20 Å². The molecule has 2 heterocycles. The van der Waals surface area contributed by atoms with E-state index in [1.807, 2.05) is 25.1 Å². The van der Waals surface area contributed by atoms with E-state index in [9.17, 15) is 0 Å². The van der Waals surface area contributed by atoms with Gasteiger partial charge in [0.1, 0.15) is 0 Å². The van der Waals surface area contributed by atoms with Crippen molar-refractivity contribution in [2.75, 3.05) is 23.3 Å². The summed E-state index contributed by atoms with van der Waals surface area (Å²) >= 11 is 5.97. The number of anilines is 3. The van der Waals surface area contributed by atoms with Crippen LogP contribution in [0, 0.1) is 6.92 Å². The summed E-state index contributed by atoms with van der Waals surface area (Å²) in [4.78, 5) is 6.75. The summed E-state index contributed by atoms with van der Waals surface area (Å²) < 4.78 is 0. The molecule has 0 spiro atoms. The number of aryl methyl sites for hydroxylation is 1. The van der Waals surface area contributed by atoms with Crippen LogP contribution >= 0.6 is 11.6 Å². The van der Waals surface area contributed by atoms with Crippen molar-refractivity contribution in [3.8, 4) is 0 Å². The van der Waals surface area contributed by atoms with Gasteiger partial charge in [-0.25, -0.2) is 0 Å². The van der Waals surface area contributed by atoms with Crippen molar-refractivity contribution in [2.45, 2.75) is 26.2 Å². The zero-order chi connectivity index (χ0) is 14.7. The molecular formula is C15H18ClN5. The van der Waals surface area contributed by atoms with Crippen molar-refractivity contribution in [2.24, 2.45) is 0 Å². The van der Waals surface area contributed by atoms with Gasteiger partial charge in [0.2, 0.25) is 5.95 Å². The van der Waals surface area contributed by atoms with Crippen LogP contribution in [0.1, 0.15) is 24.8 Å². The summed E-state index contributed by atoms with van der Waals surface area (Å²) in [6.07, 6.45) is 5.31. The Kier molecular flexibility index (Phi) is 4.20. The lowest BCUT2D eigenvalue weighted by molar-refractivity contribution is 0.565. The maximum Gasteiger partial charge on any atom is 0.247 e. The third-order valence-corrected chi connectivity index (χ3v) is 3.87. The molecule has 3 rings (SSSR count). The molecule has 110 valence electrons. The van der Waals surface area contributed by atoms with Crippen molar-refractivity contribution < 1.29 is 0 Å². The Bertz CT molecular complexity index is 625. The average Bonchev–Trinajstić information content (AvgIpc) is 2.51. The molecule has 6 heteroatoms. The monoisotopic (exact) mass is 303 g/mol. The maximum atomic E-state index is 5.97. The van der Waals surface area contributed by atoms with Crippen molar-refractivity contribution in [1.29, 1.82) is 0 Å². The molecule has 1 aromatic heterocycles.